The predicted molar refractivity (Wildman–Crippen MR) is 47.7 cm³/mol. The molecule has 6 nitrogen and oxygen atoms in total. The molecule has 0 radical (unpaired) electrons. The van der Waals surface area contributed by atoms with E-state index in [-0.39, 0.29) is 18.7 Å². The molecule has 4 N–H and O–H groups in total. The number of sulfonamides is 1. The molecule has 0 aromatic rings. The van der Waals surface area contributed by atoms with E-state index < -0.39 is 22.0 Å². The fourth-order valence-electron chi connectivity index (χ4n) is 0.595. The van der Waals surface area contributed by atoms with Crippen LogP contribution in [0.25, 0.3) is 0 Å². The SMILES string of the molecule is CCS(=O)(=O)NCCC(N)C(=O)O. The minimum absolute atomic E-state index is 0.0185. The quantitative estimate of drug-likeness (QED) is 0.506. The summed E-state index contributed by atoms with van der Waals surface area (Å²) in [5, 5.41) is 8.37. The first-order valence-electron chi connectivity index (χ1n) is 3.84. The summed E-state index contributed by atoms with van der Waals surface area (Å²) in [7, 11) is -3.24. The van der Waals surface area contributed by atoms with Gasteiger partial charge in [0, 0.05) is 6.54 Å². The van der Waals surface area contributed by atoms with Gasteiger partial charge in [0.1, 0.15) is 6.04 Å². The monoisotopic (exact) mass is 210 g/mol. The number of rotatable bonds is 6. The lowest BCUT2D eigenvalue weighted by molar-refractivity contribution is -0.138. The van der Waals surface area contributed by atoms with Crippen LogP contribution >= 0.6 is 0 Å². The van der Waals surface area contributed by atoms with Crippen molar-refractivity contribution in [1.82, 2.24) is 4.72 Å². The molecule has 13 heavy (non-hydrogen) atoms. The molecule has 0 amide bonds. The van der Waals surface area contributed by atoms with Crippen molar-refractivity contribution in [3.8, 4) is 0 Å². The molecule has 0 aliphatic heterocycles. The molecule has 0 rings (SSSR count). The second-order valence-corrected chi connectivity index (χ2v) is 4.63. The van der Waals surface area contributed by atoms with Gasteiger partial charge in [-0.2, -0.15) is 0 Å². The number of carbonyl (C=O) groups is 1. The summed E-state index contributed by atoms with van der Waals surface area (Å²) in [5.74, 6) is -1.15. The molecular weight excluding hydrogens is 196 g/mol. The number of nitrogens with two attached hydrogens (primary N) is 1. The zero-order valence-electron chi connectivity index (χ0n) is 7.36. The van der Waals surface area contributed by atoms with Crippen LogP contribution in [0.5, 0.6) is 0 Å². The lowest BCUT2D eigenvalue weighted by atomic mass is 10.2. The van der Waals surface area contributed by atoms with Crippen molar-refractivity contribution in [2.45, 2.75) is 19.4 Å². The molecule has 0 heterocycles. The van der Waals surface area contributed by atoms with Crippen LogP contribution in [-0.2, 0) is 14.8 Å². The molecular formula is C6H14N2O4S. The van der Waals surface area contributed by atoms with Crippen molar-refractivity contribution < 1.29 is 18.3 Å². The molecule has 0 aliphatic rings. The van der Waals surface area contributed by atoms with Crippen molar-refractivity contribution in [1.29, 1.82) is 0 Å². The summed E-state index contributed by atoms with van der Waals surface area (Å²) >= 11 is 0. The van der Waals surface area contributed by atoms with Crippen molar-refractivity contribution >= 4 is 16.0 Å². The Morgan fingerprint density at radius 2 is 2.15 bits per heavy atom. The molecule has 0 spiro atoms. The highest BCUT2D eigenvalue weighted by Crippen LogP contribution is 1.88. The van der Waals surface area contributed by atoms with Gasteiger partial charge in [-0.25, -0.2) is 13.1 Å². The maximum Gasteiger partial charge on any atom is 0.320 e. The van der Waals surface area contributed by atoms with Gasteiger partial charge in [-0.1, -0.05) is 0 Å². The molecule has 0 aromatic heterocycles. The van der Waals surface area contributed by atoms with Gasteiger partial charge in [-0.3, -0.25) is 4.79 Å². The fourth-order valence-corrected chi connectivity index (χ4v) is 1.23. The number of carboxylic acids is 1. The van der Waals surface area contributed by atoms with Crippen molar-refractivity contribution in [2.75, 3.05) is 12.3 Å². The van der Waals surface area contributed by atoms with Crippen LogP contribution in [0.3, 0.4) is 0 Å². The summed E-state index contributed by atoms with van der Waals surface area (Å²) in [6, 6.07) is -1.01. The molecule has 7 heteroatoms. The largest absolute Gasteiger partial charge is 0.480 e. The number of carboxylic acid groups (broad SMARTS) is 1. The Morgan fingerprint density at radius 3 is 2.54 bits per heavy atom. The Hall–Kier alpha value is -0.660. The van der Waals surface area contributed by atoms with Gasteiger partial charge in [0.15, 0.2) is 0 Å². The lowest BCUT2D eigenvalue weighted by Gasteiger charge is -2.06. The molecule has 0 aromatic carbocycles. The average Bonchev–Trinajstić information content (AvgIpc) is 2.04. The normalized spacial score (nSPS) is 14.0. The fraction of sp³-hybridized carbons (Fsp3) is 0.833. The average molecular weight is 210 g/mol. The second-order valence-electron chi connectivity index (χ2n) is 2.53. The van der Waals surface area contributed by atoms with Crippen molar-refractivity contribution in [3.05, 3.63) is 0 Å². The van der Waals surface area contributed by atoms with E-state index in [4.69, 9.17) is 10.8 Å². The maximum absolute atomic E-state index is 10.9. The molecule has 0 aliphatic carbocycles. The van der Waals surface area contributed by atoms with Gasteiger partial charge in [0.25, 0.3) is 0 Å². The van der Waals surface area contributed by atoms with Gasteiger partial charge in [0.05, 0.1) is 5.75 Å². The second kappa shape index (κ2) is 5.15. The third kappa shape index (κ3) is 5.56. The van der Waals surface area contributed by atoms with Gasteiger partial charge < -0.3 is 10.8 Å². The van der Waals surface area contributed by atoms with Crippen molar-refractivity contribution in [2.24, 2.45) is 5.73 Å². The molecule has 0 bridgehead atoms. The molecule has 78 valence electrons. The third-order valence-corrected chi connectivity index (χ3v) is 2.88. The van der Waals surface area contributed by atoms with Gasteiger partial charge in [-0.15, -0.1) is 0 Å². The molecule has 0 fully saturated rings. The van der Waals surface area contributed by atoms with E-state index in [9.17, 15) is 13.2 Å². The topological polar surface area (TPSA) is 109 Å². The van der Waals surface area contributed by atoms with Crippen LogP contribution in [0.15, 0.2) is 0 Å². The van der Waals surface area contributed by atoms with E-state index in [1.54, 1.807) is 0 Å². The van der Waals surface area contributed by atoms with E-state index >= 15 is 0 Å². The van der Waals surface area contributed by atoms with Gasteiger partial charge in [-0.05, 0) is 13.3 Å². The molecule has 1 atom stereocenters. The smallest absolute Gasteiger partial charge is 0.320 e. The Bertz CT molecular complexity index is 262. The number of hydrogen-bond donors (Lipinski definition) is 3. The molecule has 0 saturated carbocycles. The Balaban J connectivity index is 3.75. The number of aliphatic carboxylic acids is 1. The van der Waals surface area contributed by atoms with Crippen LogP contribution in [0.1, 0.15) is 13.3 Å². The Kier molecular flexibility index (Phi) is 4.89. The standard InChI is InChI=1S/C6H14N2O4S/c1-2-13(11,12)8-4-3-5(7)6(9)10/h5,8H,2-4,7H2,1H3,(H,9,10). The van der Waals surface area contributed by atoms with E-state index in [1.807, 2.05) is 0 Å². The molecule has 0 saturated heterocycles. The summed E-state index contributed by atoms with van der Waals surface area (Å²) in [6.45, 7) is 1.56. The van der Waals surface area contributed by atoms with Crippen molar-refractivity contribution in [3.63, 3.8) is 0 Å². The first-order chi connectivity index (χ1) is 5.89. The molecule has 1 unspecified atom stereocenters. The van der Waals surface area contributed by atoms with Crippen LogP contribution in [0, 0.1) is 0 Å². The van der Waals surface area contributed by atoms with E-state index in [0.717, 1.165) is 0 Å². The van der Waals surface area contributed by atoms with E-state index in [0.29, 0.717) is 0 Å². The minimum atomic E-state index is -3.24. The highest BCUT2D eigenvalue weighted by Gasteiger charge is 2.12. The van der Waals surface area contributed by atoms with Crippen LogP contribution in [0.4, 0.5) is 0 Å². The zero-order valence-corrected chi connectivity index (χ0v) is 8.17. The van der Waals surface area contributed by atoms with Gasteiger partial charge in [0.2, 0.25) is 10.0 Å². The maximum atomic E-state index is 10.9. The highest BCUT2D eigenvalue weighted by atomic mass is 32.2. The highest BCUT2D eigenvalue weighted by molar-refractivity contribution is 7.89. The first kappa shape index (κ1) is 12.3. The Morgan fingerprint density at radius 1 is 1.62 bits per heavy atom. The zero-order chi connectivity index (χ0) is 10.5. The predicted octanol–water partition coefficient (Wildman–Crippen LogP) is -1.27. The lowest BCUT2D eigenvalue weighted by Crippen LogP contribution is -2.35. The van der Waals surface area contributed by atoms with Gasteiger partial charge >= 0.3 is 5.97 Å². The third-order valence-electron chi connectivity index (χ3n) is 1.47. The first-order valence-corrected chi connectivity index (χ1v) is 5.50. The Labute approximate surface area is 77.2 Å². The summed E-state index contributed by atoms with van der Waals surface area (Å²) in [5.41, 5.74) is 5.15. The number of nitrogens with one attached hydrogen (secondary N) is 1. The minimum Gasteiger partial charge on any atom is -0.480 e. The summed E-state index contributed by atoms with van der Waals surface area (Å²) < 4.78 is 23.9. The van der Waals surface area contributed by atoms with Crippen LogP contribution < -0.4 is 10.5 Å². The van der Waals surface area contributed by atoms with Crippen LogP contribution in [-0.4, -0.2) is 37.8 Å². The van der Waals surface area contributed by atoms with E-state index in [1.165, 1.54) is 6.92 Å². The number of hydrogen-bond acceptors (Lipinski definition) is 4. The summed E-state index contributed by atoms with van der Waals surface area (Å²) in [4.78, 5) is 10.2. The van der Waals surface area contributed by atoms with E-state index in [2.05, 4.69) is 4.72 Å². The van der Waals surface area contributed by atoms with Crippen LogP contribution in [0.2, 0.25) is 0 Å². The summed E-state index contributed by atoms with van der Waals surface area (Å²) in [6.07, 6.45) is 0.0918.